The first-order chi connectivity index (χ1) is 43.4. The number of halogens is 2. The van der Waals surface area contributed by atoms with Crippen LogP contribution in [0.15, 0.2) is 90.5 Å². The number of cyclic esters (lactones) is 1. The molecule has 4 aliphatic heterocycles. The minimum absolute atomic E-state index is 0.0243. The van der Waals surface area contributed by atoms with Gasteiger partial charge in [0.25, 0.3) is 0 Å². The summed E-state index contributed by atoms with van der Waals surface area (Å²) >= 11 is 12.2. The topological polar surface area (TPSA) is 241 Å². The number of carboxylic acids is 1. The summed E-state index contributed by atoms with van der Waals surface area (Å²) in [6.07, 6.45) is 4.17. The molecule has 91 heavy (non-hydrogen) atoms. The molecular formula is C72H95Cl2NO16. The fourth-order valence-electron chi connectivity index (χ4n) is 17.7. The third-order valence-electron chi connectivity index (χ3n) is 23.0. The Kier molecular flexibility index (Phi) is 21.1. The van der Waals surface area contributed by atoms with Crippen molar-refractivity contribution in [3.05, 3.63) is 123 Å². The highest BCUT2D eigenvalue weighted by molar-refractivity contribution is 6.42. The fraction of sp³-hybridized carbons (Fsp3) is 0.639. The predicted molar refractivity (Wildman–Crippen MR) is 344 cm³/mol. The second kappa shape index (κ2) is 28.2. The first-order valence-corrected chi connectivity index (χ1v) is 33.9. The van der Waals surface area contributed by atoms with Gasteiger partial charge in [-0.3, -0.25) is 4.79 Å². The van der Waals surface area contributed by atoms with E-state index in [4.69, 9.17) is 66.2 Å². The molecular weight excluding hydrogens is 1210 g/mol. The molecule has 23 atom stereocenters. The van der Waals surface area contributed by atoms with E-state index in [0.717, 1.165) is 98.3 Å². The van der Waals surface area contributed by atoms with Crippen LogP contribution < -0.4 is 10.1 Å². The summed E-state index contributed by atoms with van der Waals surface area (Å²) in [6.45, 7) is 12.1. The summed E-state index contributed by atoms with van der Waals surface area (Å²) in [5.41, 5.74) is 5.08. The van der Waals surface area contributed by atoms with Crippen LogP contribution in [0.2, 0.25) is 10.0 Å². The molecule has 17 nitrogen and oxygen atoms in total. The van der Waals surface area contributed by atoms with Crippen molar-refractivity contribution in [2.45, 2.75) is 235 Å². The SMILES string of the molecule is CN[C@H]1CC[C@@H](c2ccc(Cl)c(Cl)c2)c2ccccc21.COc1ccc2cc([C@H](C)C(=O)O)ccc2c1.C[C@H]1O[C@@H](O[C@H]2[C@@H](O)C[C@H](O[C@H]3[C@@H](O)C[C@H](O[C@H]4CC[C@@]5(C)[C@H](CC[C@@H]6[C@@H]5CC[C@]5(C)[C@@H](C7=CC(=O)OC7)CC[C@]65O)C4)O[C@@H]3C)O[C@@H]2C)C[C@H](O)[C@@H]1O. The molecule has 0 radical (unpaired) electrons. The Bertz CT molecular complexity index is 3210. The molecule has 0 bridgehead atoms. The number of aliphatic hydroxyl groups is 5. The monoisotopic (exact) mass is 1300 g/mol. The molecule has 4 saturated carbocycles. The Morgan fingerprint density at radius 2 is 1.33 bits per heavy atom. The van der Waals surface area contributed by atoms with E-state index in [1.807, 2.05) is 62.5 Å². The number of ether oxygens (including phenoxy) is 8. The molecule has 498 valence electrons. The Hall–Kier alpha value is -4.28. The summed E-state index contributed by atoms with van der Waals surface area (Å²) in [5, 5.41) is 70.7. The van der Waals surface area contributed by atoms with Gasteiger partial charge in [-0.1, -0.05) is 91.6 Å². The minimum Gasteiger partial charge on any atom is -0.497 e. The number of esters is 1. The smallest absolute Gasteiger partial charge is 0.331 e. The number of hydrogen-bond acceptors (Lipinski definition) is 16. The van der Waals surface area contributed by atoms with E-state index in [1.165, 1.54) is 16.7 Å². The van der Waals surface area contributed by atoms with Gasteiger partial charge in [0, 0.05) is 42.7 Å². The van der Waals surface area contributed by atoms with Crippen LogP contribution in [0.4, 0.5) is 0 Å². The summed E-state index contributed by atoms with van der Waals surface area (Å²) < 4.78 is 47.3. The molecule has 5 aliphatic carbocycles. The molecule has 0 aromatic heterocycles. The van der Waals surface area contributed by atoms with Crippen molar-refractivity contribution in [1.82, 2.24) is 5.32 Å². The van der Waals surface area contributed by atoms with Gasteiger partial charge in [0.2, 0.25) is 0 Å². The van der Waals surface area contributed by atoms with E-state index in [-0.39, 0.29) is 54.0 Å². The molecule has 3 saturated heterocycles. The van der Waals surface area contributed by atoms with Gasteiger partial charge in [0.1, 0.15) is 30.7 Å². The van der Waals surface area contributed by atoms with E-state index in [2.05, 4.69) is 49.5 Å². The average molecular weight is 1300 g/mol. The maximum absolute atomic E-state index is 12.6. The molecule has 9 aliphatic rings. The molecule has 7 N–H and O–H groups in total. The lowest BCUT2D eigenvalue weighted by molar-refractivity contribution is -0.336. The number of methoxy groups -OCH3 is 1. The van der Waals surface area contributed by atoms with Gasteiger partial charge < -0.3 is 73.9 Å². The number of hydrogen-bond donors (Lipinski definition) is 7. The number of aliphatic carboxylic acids is 1. The van der Waals surface area contributed by atoms with Gasteiger partial charge in [0.05, 0.1) is 71.4 Å². The molecule has 0 spiro atoms. The van der Waals surface area contributed by atoms with Crippen molar-refractivity contribution in [2.75, 3.05) is 20.8 Å². The van der Waals surface area contributed by atoms with E-state index < -0.39 is 91.3 Å². The summed E-state index contributed by atoms with van der Waals surface area (Å²) in [4.78, 5) is 22.8. The van der Waals surface area contributed by atoms with Crippen molar-refractivity contribution in [2.24, 2.45) is 34.5 Å². The van der Waals surface area contributed by atoms with Crippen molar-refractivity contribution < 1.29 is 78.1 Å². The minimum atomic E-state index is -0.996. The number of carbonyl (C=O) groups excluding carboxylic acids is 1. The number of carbonyl (C=O) groups is 2. The molecule has 4 heterocycles. The van der Waals surface area contributed by atoms with Gasteiger partial charge >= 0.3 is 11.9 Å². The lowest BCUT2D eigenvalue weighted by Gasteiger charge is -2.64. The Labute approximate surface area is 545 Å². The second-order valence-electron chi connectivity index (χ2n) is 28.0. The van der Waals surface area contributed by atoms with Gasteiger partial charge in [-0.2, -0.15) is 0 Å². The lowest BCUT2D eigenvalue weighted by Crippen LogP contribution is -2.62. The number of nitrogens with one attached hydrogen (secondary N) is 1. The number of fused-ring (bicyclic) bond motifs is 7. The third-order valence-corrected chi connectivity index (χ3v) is 23.7. The molecule has 13 rings (SSSR count). The Morgan fingerprint density at radius 3 is 1.96 bits per heavy atom. The first-order valence-electron chi connectivity index (χ1n) is 33.2. The zero-order valence-corrected chi connectivity index (χ0v) is 55.3. The van der Waals surface area contributed by atoms with Gasteiger partial charge in [-0.25, -0.2) is 4.79 Å². The maximum Gasteiger partial charge on any atom is 0.331 e. The zero-order chi connectivity index (χ0) is 64.8. The van der Waals surface area contributed by atoms with Gasteiger partial charge in [0.15, 0.2) is 18.9 Å². The van der Waals surface area contributed by atoms with Crippen molar-refractivity contribution in [3.63, 3.8) is 0 Å². The standard InChI is InChI=1S/C41H64O13.C17H17Cl2N.C14H14O3/c1-20-36(46)29(42)16-34(49-20)53-38-22(3)51-35(18-31(38)44)54-37-21(2)50-33(17-30(37)43)52-25-8-11-39(4)24(15-25)6-7-28-27(39)9-12-40(5)26(10-13-41(28,40)47)23-14-32(45)48-19-23;1-20-17-9-7-12(13-4-2-3-5-14(13)17)11-6-8-15(18)16(19)10-11;1-9(14(15)16)10-3-4-12-8-13(17-2)6-5-11(12)7-10/h14,20-22,24-31,33-38,42-44,46-47H,6-13,15-19H2,1-5H3;2-6,8,10,12,17,20H,7,9H2,1H3;3-9H,1-2H3,(H,15,16)/t20-,21-,22-,24-,25+,26-,27+,28-,29+,30+,31+,33+,34+,35+,36-,37-,38-,39+,40-,41+;12-,17-;9-/m100/s1. The molecule has 4 aromatic rings. The van der Waals surface area contributed by atoms with Crippen LogP contribution in [0.1, 0.15) is 172 Å². The van der Waals surface area contributed by atoms with E-state index in [0.29, 0.717) is 40.4 Å². The number of carboxylic acid groups (broad SMARTS) is 1. The highest BCUT2D eigenvalue weighted by atomic mass is 35.5. The van der Waals surface area contributed by atoms with Gasteiger partial charge in [-0.05, 0) is 197 Å². The highest BCUT2D eigenvalue weighted by Crippen LogP contribution is 2.70. The molecule has 0 unspecified atom stereocenters. The van der Waals surface area contributed by atoms with Crippen LogP contribution in [0.3, 0.4) is 0 Å². The Morgan fingerprint density at radius 1 is 0.681 bits per heavy atom. The molecule has 19 heteroatoms. The highest BCUT2D eigenvalue weighted by Gasteiger charge is 2.68. The number of rotatable bonds is 12. The first kappa shape index (κ1) is 68.1. The second-order valence-corrected chi connectivity index (χ2v) is 28.9. The van der Waals surface area contributed by atoms with Crippen LogP contribution in [0, 0.1) is 34.5 Å². The largest absolute Gasteiger partial charge is 0.497 e. The average Bonchev–Trinajstić information content (AvgIpc) is 1.63. The van der Waals surface area contributed by atoms with Crippen molar-refractivity contribution >= 4 is 45.9 Å². The molecule has 0 amide bonds. The summed E-state index contributed by atoms with van der Waals surface area (Å²) in [6, 6.07) is 26.5. The van der Waals surface area contributed by atoms with Crippen LogP contribution in [-0.2, 0) is 42.7 Å². The lowest BCUT2D eigenvalue weighted by atomic mass is 9.43. The predicted octanol–water partition coefficient (Wildman–Crippen LogP) is 11.5. The quantitative estimate of drug-likeness (QED) is 0.0515. The van der Waals surface area contributed by atoms with Crippen LogP contribution in [0.5, 0.6) is 5.75 Å². The van der Waals surface area contributed by atoms with E-state index in [9.17, 15) is 35.1 Å². The normalized spacial score (nSPS) is 39.7. The van der Waals surface area contributed by atoms with Crippen molar-refractivity contribution in [1.29, 1.82) is 0 Å². The third kappa shape index (κ3) is 13.9. The molecule has 7 fully saturated rings. The van der Waals surface area contributed by atoms with Gasteiger partial charge in [-0.15, -0.1) is 0 Å². The van der Waals surface area contributed by atoms with E-state index in [1.54, 1.807) is 34.0 Å². The summed E-state index contributed by atoms with van der Waals surface area (Å²) in [5.74, 6) is 1.05. The van der Waals surface area contributed by atoms with Crippen LogP contribution in [-0.4, -0.2) is 149 Å². The van der Waals surface area contributed by atoms with Crippen LogP contribution in [0.25, 0.3) is 10.8 Å². The van der Waals surface area contributed by atoms with E-state index >= 15 is 0 Å². The fourth-order valence-corrected chi connectivity index (χ4v) is 18.0. The van der Waals surface area contributed by atoms with Crippen molar-refractivity contribution in [3.8, 4) is 5.75 Å². The number of benzene rings is 4. The summed E-state index contributed by atoms with van der Waals surface area (Å²) in [7, 11) is 3.66. The molecule has 4 aromatic carbocycles. The maximum atomic E-state index is 12.6. The Balaban J connectivity index is 0.000000185. The number of aliphatic hydroxyl groups excluding tert-OH is 4. The van der Waals surface area contributed by atoms with Crippen LogP contribution >= 0.6 is 23.2 Å². The zero-order valence-electron chi connectivity index (χ0n) is 53.8.